The van der Waals surface area contributed by atoms with Crippen LogP contribution in [-0.4, -0.2) is 30.6 Å². The third kappa shape index (κ3) is 4.85. The molecular weight excluding hydrogens is 364 g/mol. The summed E-state index contributed by atoms with van der Waals surface area (Å²) in [5.74, 6) is 1.24. The zero-order valence-corrected chi connectivity index (χ0v) is 16.9. The van der Waals surface area contributed by atoms with E-state index in [1.165, 1.54) is 0 Å². The van der Waals surface area contributed by atoms with Crippen molar-refractivity contribution < 1.29 is 9.53 Å². The Kier molecular flexibility index (Phi) is 6.34. The Morgan fingerprint density at radius 3 is 2.03 bits per heavy atom. The zero-order chi connectivity index (χ0) is 20.8. The van der Waals surface area contributed by atoms with Crippen LogP contribution < -0.4 is 20.3 Å². The van der Waals surface area contributed by atoms with E-state index in [1.807, 2.05) is 71.6 Å². The van der Waals surface area contributed by atoms with E-state index in [4.69, 9.17) is 10.5 Å². The number of carbonyl (C=O) groups is 1. The van der Waals surface area contributed by atoms with Crippen LogP contribution >= 0.6 is 0 Å². The molecular formula is C23H26N4O2. The number of anilines is 4. The van der Waals surface area contributed by atoms with E-state index in [2.05, 4.69) is 23.7 Å². The van der Waals surface area contributed by atoms with E-state index in [-0.39, 0.29) is 12.6 Å². The van der Waals surface area contributed by atoms with Gasteiger partial charge < -0.3 is 20.3 Å². The van der Waals surface area contributed by atoms with Gasteiger partial charge in [-0.05, 0) is 74.5 Å². The largest absolute Gasteiger partial charge is 0.497 e. The highest BCUT2D eigenvalue weighted by Crippen LogP contribution is 2.31. The fourth-order valence-electron chi connectivity index (χ4n) is 3.23. The Bertz CT molecular complexity index is 925. The highest BCUT2D eigenvalue weighted by atomic mass is 16.5. The van der Waals surface area contributed by atoms with Crippen LogP contribution in [0.2, 0.25) is 0 Å². The van der Waals surface area contributed by atoms with E-state index in [0.29, 0.717) is 0 Å². The first-order valence-corrected chi connectivity index (χ1v) is 9.50. The molecule has 6 nitrogen and oxygen atoms in total. The molecule has 1 amide bonds. The molecule has 29 heavy (non-hydrogen) atoms. The molecule has 0 atom stereocenters. The third-order valence-corrected chi connectivity index (χ3v) is 4.55. The first-order valence-electron chi connectivity index (χ1n) is 9.50. The van der Waals surface area contributed by atoms with Crippen molar-refractivity contribution in [2.24, 2.45) is 5.73 Å². The fourth-order valence-corrected chi connectivity index (χ4v) is 3.23. The molecule has 0 fully saturated rings. The second-order valence-corrected chi connectivity index (χ2v) is 6.92. The summed E-state index contributed by atoms with van der Waals surface area (Å²) in [6.45, 7) is 4.33. The summed E-state index contributed by atoms with van der Waals surface area (Å²) >= 11 is 0. The minimum absolute atomic E-state index is 0.0831. The lowest BCUT2D eigenvalue weighted by Crippen LogP contribution is -2.30. The highest BCUT2D eigenvalue weighted by Gasteiger charge is 2.16. The van der Waals surface area contributed by atoms with Crippen molar-refractivity contribution >= 4 is 28.8 Å². The standard InChI is InChI=1S/C23H26N4O2/c1-17(2)27(23-6-4-5-15-25-23)20-9-7-18(8-10-20)26(16-22(24)28)19-11-13-21(29-3)14-12-19/h4-15,17H,16H2,1-3H3,(H2,24,28). The lowest BCUT2D eigenvalue weighted by Gasteiger charge is -2.29. The number of benzene rings is 2. The fraction of sp³-hybridized carbons (Fsp3) is 0.217. The summed E-state index contributed by atoms with van der Waals surface area (Å²) in [4.78, 5) is 20.2. The number of methoxy groups -OCH3 is 1. The molecule has 150 valence electrons. The number of ether oxygens (including phenoxy) is 1. The van der Waals surface area contributed by atoms with E-state index in [0.717, 1.165) is 28.6 Å². The molecule has 3 rings (SSSR count). The molecule has 0 aliphatic carbocycles. The summed E-state index contributed by atoms with van der Waals surface area (Å²) in [7, 11) is 1.62. The predicted molar refractivity (Wildman–Crippen MR) is 117 cm³/mol. The minimum Gasteiger partial charge on any atom is -0.497 e. The Morgan fingerprint density at radius 1 is 0.966 bits per heavy atom. The van der Waals surface area contributed by atoms with Crippen molar-refractivity contribution in [1.82, 2.24) is 4.98 Å². The number of rotatable bonds is 8. The second-order valence-electron chi connectivity index (χ2n) is 6.92. The number of hydrogen-bond donors (Lipinski definition) is 1. The summed E-state index contributed by atoms with van der Waals surface area (Å²) in [6, 6.07) is 21.7. The molecule has 0 aliphatic heterocycles. The van der Waals surface area contributed by atoms with Gasteiger partial charge in [0.2, 0.25) is 5.91 Å². The normalized spacial score (nSPS) is 10.6. The average molecular weight is 390 g/mol. The molecule has 1 heterocycles. The van der Waals surface area contributed by atoms with Gasteiger partial charge in [-0.1, -0.05) is 6.07 Å². The highest BCUT2D eigenvalue weighted by molar-refractivity contribution is 5.83. The first-order chi connectivity index (χ1) is 14.0. The smallest absolute Gasteiger partial charge is 0.237 e. The number of nitrogens with zero attached hydrogens (tertiary/aromatic N) is 3. The topological polar surface area (TPSA) is 71.7 Å². The molecule has 2 N–H and O–H groups in total. The molecule has 2 aromatic carbocycles. The third-order valence-electron chi connectivity index (χ3n) is 4.55. The van der Waals surface area contributed by atoms with Gasteiger partial charge in [0.1, 0.15) is 18.1 Å². The summed E-state index contributed by atoms with van der Waals surface area (Å²) in [5.41, 5.74) is 8.26. The van der Waals surface area contributed by atoms with Crippen LogP contribution in [-0.2, 0) is 4.79 Å². The van der Waals surface area contributed by atoms with Crippen molar-refractivity contribution in [3.63, 3.8) is 0 Å². The SMILES string of the molecule is COc1ccc(N(CC(N)=O)c2ccc(N(c3ccccn3)C(C)C)cc2)cc1. The average Bonchev–Trinajstić information content (AvgIpc) is 2.73. The lowest BCUT2D eigenvalue weighted by molar-refractivity contribution is -0.116. The van der Waals surface area contributed by atoms with E-state index >= 15 is 0 Å². The van der Waals surface area contributed by atoms with Crippen LogP contribution in [0.3, 0.4) is 0 Å². The van der Waals surface area contributed by atoms with E-state index in [9.17, 15) is 4.79 Å². The summed E-state index contributed by atoms with van der Waals surface area (Å²) in [5, 5.41) is 0. The summed E-state index contributed by atoms with van der Waals surface area (Å²) < 4.78 is 5.22. The Balaban J connectivity index is 1.93. The zero-order valence-electron chi connectivity index (χ0n) is 16.9. The maximum absolute atomic E-state index is 11.7. The Labute approximate surface area is 171 Å². The van der Waals surface area contributed by atoms with Crippen LogP contribution in [0, 0.1) is 0 Å². The number of nitrogens with two attached hydrogens (primary N) is 1. The molecule has 0 unspecified atom stereocenters. The van der Waals surface area contributed by atoms with Crippen molar-refractivity contribution in [1.29, 1.82) is 0 Å². The molecule has 6 heteroatoms. The first kappa shape index (κ1) is 20.2. The van der Waals surface area contributed by atoms with Gasteiger partial charge in [0.15, 0.2) is 0 Å². The molecule has 0 bridgehead atoms. The van der Waals surface area contributed by atoms with Crippen LogP contribution in [0.15, 0.2) is 72.9 Å². The molecule has 0 saturated heterocycles. The number of hydrogen-bond acceptors (Lipinski definition) is 5. The van der Waals surface area contributed by atoms with E-state index in [1.54, 1.807) is 13.3 Å². The van der Waals surface area contributed by atoms with Crippen molar-refractivity contribution in [3.8, 4) is 5.75 Å². The number of carbonyl (C=O) groups excluding carboxylic acids is 1. The monoisotopic (exact) mass is 390 g/mol. The number of aromatic nitrogens is 1. The number of amides is 1. The molecule has 0 aliphatic rings. The van der Waals surface area contributed by atoms with Gasteiger partial charge in [0, 0.05) is 29.3 Å². The van der Waals surface area contributed by atoms with Gasteiger partial charge in [-0.3, -0.25) is 4.79 Å². The van der Waals surface area contributed by atoms with Gasteiger partial charge in [-0.25, -0.2) is 4.98 Å². The van der Waals surface area contributed by atoms with Crippen LogP contribution in [0.5, 0.6) is 5.75 Å². The minimum atomic E-state index is -0.401. The maximum atomic E-state index is 11.7. The molecule has 0 saturated carbocycles. The van der Waals surface area contributed by atoms with Crippen molar-refractivity contribution in [3.05, 3.63) is 72.9 Å². The van der Waals surface area contributed by atoms with Gasteiger partial charge in [0.05, 0.1) is 7.11 Å². The van der Waals surface area contributed by atoms with Crippen LogP contribution in [0.25, 0.3) is 0 Å². The van der Waals surface area contributed by atoms with Gasteiger partial charge in [-0.15, -0.1) is 0 Å². The Hall–Kier alpha value is -3.54. The predicted octanol–water partition coefficient (Wildman–Crippen LogP) is 4.26. The maximum Gasteiger partial charge on any atom is 0.237 e. The van der Waals surface area contributed by atoms with Gasteiger partial charge >= 0.3 is 0 Å². The van der Waals surface area contributed by atoms with Gasteiger partial charge in [0.25, 0.3) is 0 Å². The van der Waals surface area contributed by atoms with E-state index < -0.39 is 5.91 Å². The quantitative estimate of drug-likeness (QED) is 0.622. The van der Waals surface area contributed by atoms with Crippen LogP contribution in [0.1, 0.15) is 13.8 Å². The van der Waals surface area contributed by atoms with Gasteiger partial charge in [-0.2, -0.15) is 0 Å². The number of pyridine rings is 1. The Morgan fingerprint density at radius 2 is 1.55 bits per heavy atom. The molecule has 3 aromatic rings. The van der Waals surface area contributed by atoms with Crippen LogP contribution in [0.4, 0.5) is 22.9 Å². The van der Waals surface area contributed by atoms with Crippen molar-refractivity contribution in [2.75, 3.05) is 23.5 Å². The van der Waals surface area contributed by atoms with Crippen molar-refractivity contribution in [2.45, 2.75) is 19.9 Å². The molecule has 1 aromatic heterocycles. The molecule has 0 spiro atoms. The second kappa shape index (κ2) is 9.10. The summed E-state index contributed by atoms with van der Waals surface area (Å²) in [6.07, 6.45) is 1.79. The lowest BCUT2D eigenvalue weighted by atomic mass is 10.2. The molecule has 0 radical (unpaired) electrons. The number of primary amides is 1.